The van der Waals surface area contributed by atoms with Gasteiger partial charge < -0.3 is 5.73 Å². The molecule has 0 aliphatic rings. The highest BCUT2D eigenvalue weighted by Crippen LogP contribution is 2.21. The third kappa shape index (κ3) is 2.56. The van der Waals surface area contributed by atoms with Crippen molar-refractivity contribution in [3.63, 3.8) is 0 Å². The van der Waals surface area contributed by atoms with Gasteiger partial charge in [0.1, 0.15) is 0 Å². The van der Waals surface area contributed by atoms with Crippen molar-refractivity contribution in [1.82, 2.24) is 9.78 Å². The van der Waals surface area contributed by atoms with Crippen molar-refractivity contribution in [2.75, 3.05) is 0 Å². The van der Waals surface area contributed by atoms with Crippen LogP contribution in [-0.2, 0) is 0 Å². The molecule has 2 rings (SSSR count). The molecular formula is C14H19N3. The molecule has 0 fully saturated rings. The van der Waals surface area contributed by atoms with Crippen molar-refractivity contribution in [3.05, 3.63) is 53.3 Å². The molecule has 0 amide bonds. The van der Waals surface area contributed by atoms with Crippen LogP contribution >= 0.6 is 0 Å². The first-order chi connectivity index (χ1) is 8.08. The average molecular weight is 229 g/mol. The molecule has 2 aromatic rings. The van der Waals surface area contributed by atoms with Gasteiger partial charge in [-0.25, -0.2) is 0 Å². The molecule has 3 nitrogen and oxygen atoms in total. The summed E-state index contributed by atoms with van der Waals surface area (Å²) in [6.45, 7) is 6.09. The second kappa shape index (κ2) is 4.72. The topological polar surface area (TPSA) is 43.8 Å². The Morgan fingerprint density at radius 1 is 1.12 bits per heavy atom. The maximum Gasteiger partial charge on any atom is 0.0916 e. The number of aryl methyl sites for hydroxylation is 2. The minimum absolute atomic E-state index is 0.0250. The first-order valence-corrected chi connectivity index (χ1v) is 5.92. The summed E-state index contributed by atoms with van der Waals surface area (Å²) < 4.78 is 1.95. The standard InChI is InChI=1S/C14H19N3/c1-10-4-6-13(7-5-10)14(12(3)15)17-9-8-11(2)16-17/h4-9,12,14H,15H2,1-3H3. The van der Waals surface area contributed by atoms with E-state index in [-0.39, 0.29) is 12.1 Å². The minimum Gasteiger partial charge on any atom is -0.326 e. The normalized spacial score (nSPS) is 14.6. The van der Waals surface area contributed by atoms with E-state index in [1.807, 2.05) is 30.8 Å². The van der Waals surface area contributed by atoms with Crippen molar-refractivity contribution in [3.8, 4) is 0 Å². The maximum atomic E-state index is 6.09. The molecule has 2 atom stereocenters. The van der Waals surface area contributed by atoms with E-state index in [0.29, 0.717) is 0 Å². The van der Waals surface area contributed by atoms with Crippen LogP contribution in [0.2, 0.25) is 0 Å². The second-order valence-corrected chi connectivity index (χ2v) is 4.65. The highest BCUT2D eigenvalue weighted by atomic mass is 15.3. The smallest absolute Gasteiger partial charge is 0.0916 e. The Kier molecular flexibility index (Phi) is 3.29. The summed E-state index contributed by atoms with van der Waals surface area (Å²) in [5.41, 5.74) is 9.56. The average Bonchev–Trinajstić information content (AvgIpc) is 2.68. The van der Waals surface area contributed by atoms with Crippen LogP contribution in [0.5, 0.6) is 0 Å². The van der Waals surface area contributed by atoms with Gasteiger partial charge in [0.15, 0.2) is 0 Å². The largest absolute Gasteiger partial charge is 0.326 e. The van der Waals surface area contributed by atoms with E-state index in [2.05, 4.69) is 36.3 Å². The lowest BCUT2D eigenvalue weighted by molar-refractivity contribution is 0.452. The van der Waals surface area contributed by atoms with E-state index >= 15 is 0 Å². The Morgan fingerprint density at radius 3 is 2.24 bits per heavy atom. The number of nitrogens with two attached hydrogens (primary N) is 1. The molecule has 90 valence electrons. The van der Waals surface area contributed by atoms with Crippen LogP contribution in [0, 0.1) is 13.8 Å². The molecule has 1 aromatic carbocycles. The van der Waals surface area contributed by atoms with Crippen LogP contribution in [0.1, 0.15) is 29.8 Å². The summed E-state index contributed by atoms with van der Waals surface area (Å²) in [6.07, 6.45) is 1.99. The van der Waals surface area contributed by atoms with Crippen molar-refractivity contribution in [1.29, 1.82) is 0 Å². The molecule has 0 radical (unpaired) electrons. The summed E-state index contributed by atoms with van der Waals surface area (Å²) in [5.74, 6) is 0. The SMILES string of the molecule is Cc1ccc(C(C(C)N)n2ccc(C)n2)cc1. The predicted octanol–water partition coefficient (Wildman–Crippen LogP) is 2.44. The zero-order valence-electron chi connectivity index (χ0n) is 10.6. The third-order valence-electron chi connectivity index (χ3n) is 2.94. The van der Waals surface area contributed by atoms with E-state index in [9.17, 15) is 0 Å². The molecule has 0 aliphatic heterocycles. The molecule has 17 heavy (non-hydrogen) atoms. The first-order valence-electron chi connectivity index (χ1n) is 5.92. The van der Waals surface area contributed by atoms with Crippen LogP contribution < -0.4 is 5.73 Å². The van der Waals surface area contributed by atoms with Gasteiger partial charge in [-0.15, -0.1) is 0 Å². The van der Waals surface area contributed by atoms with Crippen molar-refractivity contribution in [2.24, 2.45) is 5.73 Å². The summed E-state index contributed by atoms with van der Waals surface area (Å²) in [5, 5.41) is 4.47. The van der Waals surface area contributed by atoms with Gasteiger partial charge in [-0.05, 0) is 32.4 Å². The quantitative estimate of drug-likeness (QED) is 0.878. The van der Waals surface area contributed by atoms with Gasteiger partial charge in [0.25, 0.3) is 0 Å². The fourth-order valence-electron chi connectivity index (χ4n) is 2.05. The molecule has 1 heterocycles. The van der Waals surface area contributed by atoms with Crippen molar-refractivity contribution < 1.29 is 0 Å². The predicted molar refractivity (Wildman–Crippen MR) is 69.9 cm³/mol. The van der Waals surface area contributed by atoms with Crippen molar-refractivity contribution >= 4 is 0 Å². The van der Waals surface area contributed by atoms with Crippen LogP contribution in [0.4, 0.5) is 0 Å². The Morgan fingerprint density at radius 2 is 1.76 bits per heavy atom. The summed E-state index contributed by atoms with van der Waals surface area (Å²) in [4.78, 5) is 0. The molecule has 3 heteroatoms. The number of benzene rings is 1. The van der Waals surface area contributed by atoms with Gasteiger partial charge >= 0.3 is 0 Å². The summed E-state index contributed by atoms with van der Waals surface area (Å²) in [7, 11) is 0. The van der Waals surface area contributed by atoms with E-state index in [1.165, 1.54) is 11.1 Å². The maximum absolute atomic E-state index is 6.09. The van der Waals surface area contributed by atoms with Crippen LogP contribution in [0.15, 0.2) is 36.5 Å². The Labute approximate surface area is 102 Å². The lowest BCUT2D eigenvalue weighted by atomic mass is 10.0. The molecule has 0 bridgehead atoms. The van der Waals surface area contributed by atoms with Crippen molar-refractivity contribution in [2.45, 2.75) is 32.9 Å². The molecule has 0 saturated heterocycles. The third-order valence-corrected chi connectivity index (χ3v) is 2.94. The molecular weight excluding hydrogens is 210 g/mol. The molecule has 0 aliphatic carbocycles. The van der Waals surface area contributed by atoms with Gasteiger partial charge in [0.2, 0.25) is 0 Å². The van der Waals surface area contributed by atoms with E-state index < -0.39 is 0 Å². The van der Waals surface area contributed by atoms with E-state index in [4.69, 9.17) is 5.73 Å². The molecule has 2 unspecified atom stereocenters. The number of nitrogens with zero attached hydrogens (tertiary/aromatic N) is 2. The lowest BCUT2D eigenvalue weighted by Gasteiger charge is -2.22. The summed E-state index contributed by atoms with van der Waals surface area (Å²) in [6, 6.07) is 10.6. The zero-order chi connectivity index (χ0) is 12.4. The molecule has 0 spiro atoms. The zero-order valence-corrected chi connectivity index (χ0v) is 10.6. The van der Waals surface area contributed by atoms with Gasteiger partial charge in [0.05, 0.1) is 11.7 Å². The number of aromatic nitrogens is 2. The molecule has 1 aromatic heterocycles. The van der Waals surface area contributed by atoms with Gasteiger partial charge in [-0.2, -0.15) is 5.10 Å². The number of hydrogen-bond donors (Lipinski definition) is 1. The van der Waals surface area contributed by atoms with Gasteiger partial charge in [-0.1, -0.05) is 29.8 Å². The van der Waals surface area contributed by atoms with Gasteiger partial charge in [0, 0.05) is 12.2 Å². The fourth-order valence-corrected chi connectivity index (χ4v) is 2.05. The minimum atomic E-state index is 0.0250. The van der Waals surface area contributed by atoms with Crippen LogP contribution in [-0.4, -0.2) is 15.8 Å². The number of rotatable bonds is 3. The first kappa shape index (κ1) is 11.9. The lowest BCUT2D eigenvalue weighted by Crippen LogP contribution is -2.30. The van der Waals surface area contributed by atoms with E-state index in [1.54, 1.807) is 0 Å². The van der Waals surface area contributed by atoms with Gasteiger partial charge in [-0.3, -0.25) is 4.68 Å². The molecule has 2 N–H and O–H groups in total. The van der Waals surface area contributed by atoms with Crippen LogP contribution in [0.25, 0.3) is 0 Å². The highest BCUT2D eigenvalue weighted by molar-refractivity contribution is 5.25. The van der Waals surface area contributed by atoms with E-state index in [0.717, 1.165) is 5.69 Å². The monoisotopic (exact) mass is 229 g/mol. The molecule has 0 saturated carbocycles. The Hall–Kier alpha value is -1.61. The second-order valence-electron chi connectivity index (χ2n) is 4.65. The van der Waals surface area contributed by atoms with Crippen LogP contribution in [0.3, 0.4) is 0 Å². The Bertz CT molecular complexity index is 482. The summed E-state index contributed by atoms with van der Waals surface area (Å²) >= 11 is 0. The highest BCUT2D eigenvalue weighted by Gasteiger charge is 2.18. The Balaban J connectivity index is 2.39. The number of hydrogen-bond acceptors (Lipinski definition) is 2. The fraction of sp³-hybridized carbons (Fsp3) is 0.357.